The molecular weight excluding hydrogens is 437 g/mol. The van der Waals surface area contributed by atoms with E-state index in [1.807, 2.05) is 0 Å². The van der Waals surface area contributed by atoms with Crippen molar-refractivity contribution in [3.05, 3.63) is 97.3 Å². The zero-order valence-electron chi connectivity index (χ0n) is 17.3. The van der Waals surface area contributed by atoms with Crippen LogP contribution in [-0.4, -0.2) is 22.8 Å². The van der Waals surface area contributed by atoms with Crippen molar-refractivity contribution in [2.24, 2.45) is 0 Å². The number of fused-ring (bicyclic) bond motifs is 1. The number of nitrogens with two attached hydrogens (primary N) is 1. The molecule has 0 aliphatic carbocycles. The highest BCUT2D eigenvalue weighted by atomic mass is 35.5. The Morgan fingerprint density at radius 1 is 1.22 bits per heavy atom. The molecule has 7 nitrogen and oxygen atoms in total. The molecule has 1 amide bonds. The predicted molar refractivity (Wildman–Crippen MR) is 118 cm³/mol. The fourth-order valence-electron chi connectivity index (χ4n) is 4.07. The molecule has 0 aromatic heterocycles. The lowest BCUT2D eigenvalue weighted by Gasteiger charge is -2.26. The SMILES string of the molecule is COc1ccc(CN2C(=O)c3c(C)c(N)cc([N+](=O)[O-])c3C2c2cc(F)ccc2Cl)cc1. The summed E-state index contributed by atoms with van der Waals surface area (Å²) >= 11 is 6.39. The summed E-state index contributed by atoms with van der Waals surface area (Å²) in [5.41, 5.74) is 7.59. The van der Waals surface area contributed by atoms with Crippen molar-refractivity contribution in [3.63, 3.8) is 0 Å². The second-order valence-electron chi connectivity index (χ2n) is 7.51. The molecule has 0 saturated carbocycles. The molecule has 1 atom stereocenters. The van der Waals surface area contributed by atoms with Crippen LogP contribution in [0.1, 0.15) is 38.7 Å². The second-order valence-corrected chi connectivity index (χ2v) is 7.91. The van der Waals surface area contributed by atoms with E-state index in [1.54, 1.807) is 38.3 Å². The normalized spacial score (nSPS) is 15.1. The van der Waals surface area contributed by atoms with Crippen LogP contribution in [0.4, 0.5) is 15.8 Å². The molecule has 1 aliphatic heterocycles. The fraction of sp³-hybridized carbons (Fsp3) is 0.174. The third-order valence-corrected chi connectivity index (χ3v) is 6.01. The van der Waals surface area contributed by atoms with Crippen LogP contribution in [0.5, 0.6) is 5.75 Å². The number of hydrogen-bond acceptors (Lipinski definition) is 5. The molecule has 164 valence electrons. The van der Waals surface area contributed by atoms with Gasteiger partial charge in [0.25, 0.3) is 11.6 Å². The van der Waals surface area contributed by atoms with Gasteiger partial charge in [0.15, 0.2) is 0 Å². The molecule has 3 aromatic rings. The number of hydrogen-bond donors (Lipinski definition) is 1. The maximum atomic E-state index is 14.2. The van der Waals surface area contributed by atoms with Crippen LogP contribution in [0.2, 0.25) is 5.02 Å². The summed E-state index contributed by atoms with van der Waals surface area (Å²) in [4.78, 5) is 26.3. The zero-order valence-corrected chi connectivity index (χ0v) is 18.0. The maximum absolute atomic E-state index is 14.2. The van der Waals surface area contributed by atoms with Crippen molar-refractivity contribution in [2.45, 2.75) is 19.5 Å². The van der Waals surface area contributed by atoms with Crippen molar-refractivity contribution in [1.29, 1.82) is 0 Å². The summed E-state index contributed by atoms with van der Waals surface area (Å²) < 4.78 is 19.4. The van der Waals surface area contributed by atoms with Gasteiger partial charge in [-0.2, -0.15) is 0 Å². The average molecular weight is 456 g/mol. The number of nitrogens with zero attached hydrogens (tertiary/aromatic N) is 2. The Bertz CT molecular complexity index is 1250. The Hall–Kier alpha value is -3.65. The van der Waals surface area contributed by atoms with Gasteiger partial charge in [0.1, 0.15) is 11.6 Å². The molecule has 9 heteroatoms. The van der Waals surface area contributed by atoms with Crippen molar-refractivity contribution in [2.75, 3.05) is 12.8 Å². The van der Waals surface area contributed by atoms with E-state index in [2.05, 4.69) is 0 Å². The standard InChI is InChI=1S/C23H19ClFN3O4/c1-12-18(26)10-19(28(30)31)21-20(12)23(29)27(11-13-3-6-15(32-2)7-4-13)22(21)16-9-14(25)5-8-17(16)24/h3-10,22H,11,26H2,1-2H3. The topological polar surface area (TPSA) is 98.7 Å². The van der Waals surface area contributed by atoms with Crippen LogP contribution < -0.4 is 10.5 Å². The number of nitrogen functional groups attached to an aromatic ring is 1. The number of carbonyl (C=O) groups is 1. The summed E-state index contributed by atoms with van der Waals surface area (Å²) in [6, 6.07) is 11.1. The Balaban J connectivity index is 1.94. The number of nitro groups is 1. The summed E-state index contributed by atoms with van der Waals surface area (Å²) in [5, 5.41) is 12.1. The highest BCUT2D eigenvalue weighted by Gasteiger charge is 2.45. The van der Waals surface area contributed by atoms with Crippen molar-refractivity contribution < 1.29 is 18.8 Å². The third kappa shape index (κ3) is 3.52. The van der Waals surface area contributed by atoms with Gasteiger partial charge in [-0.05, 0) is 48.4 Å². The lowest BCUT2D eigenvalue weighted by atomic mass is 9.92. The molecular formula is C23H19ClFN3O4. The van der Waals surface area contributed by atoms with Crippen molar-refractivity contribution in [1.82, 2.24) is 4.90 Å². The van der Waals surface area contributed by atoms with E-state index in [1.165, 1.54) is 29.2 Å². The number of anilines is 1. The summed E-state index contributed by atoms with van der Waals surface area (Å²) in [6.07, 6.45) is 0. The predicted octanol–water partition coefficient (Wildman–Crippen LogP) is 5.03. The molecule has 1 heterocycles. The molecule has 0 fully saturated rings. The molecule has 0 spiro atoms. The lowest BCUT2D eigenvalue weighted by Crippen LogP contribution is -2.28. The van der Waals surface area contributed by atoms with Crippen LogP contribution in [0, 0.1) is 22.9 Å². The van der Waals surface area contributed by atoms with Gasteiger partial charge in [0.05, 0.1) is 29.2 Å². The molecule has 2 N–H and O–H groups in total. The van der Waals surface area contributed by atoms with Crippen LogP contribution >= 0.6 is 11.6 Å². The average Bonchev–Trinajstić information content (AvgIpc) is 3.05. The van der Waals surface area contributed by atoms with Crippen molar-refractivity contribution in [3.8, 4) is 5.75 Å². The molecule has 3 aromatic carbocycles. The minimum absolute atomic E-state index is 0.117. The van der Waals surface area contributed by atoms with Gasteiger partial charge in [-0.15, -0.1) is 0 Å². The van der Waals surface area contributed by atoms with Crippen LogP contribution in [0.25, 0.3) is 0 Å². The molecule has 4 rings (SSSR count). The molecule has 1 unspecified atom stereocenters. The molecule has 0 radical (unpaired) electrons. The first-order chi connectivity index (χ1) is 15.2. The van der Waals surface area contributed by atoms with Gasteiger partial charge >= 0.3 is 0 Å². The summed E-state index contributed by atoms with van der Waals surface area (Å²) in [5.74, 6) is -0.354. The maximum Gasteiger partial charge on any atom is 0.277 e. The van der Waals surface area contributed by atoms with Gasteiger partial charge in [0, 0.05) is 28.9 Å². The number of amides is 1. The number of carbonyl (C=O) groups excluding carboxylic acids is 1. The Labute approximate surface area is 188 Å². The lowest BCUT2D eigenvalue weighted by molar-refractivity contribution is -0.385. The van der Waals surface area contributed by atoms with Gasteiger partial charge in [0.2, 0.25) is 0 Å². The quantitative estimate of drug-likeness (QED) is 0.330. The third-order valence-electron chi connectivity index (χ3n) is 5.67. The van der Waals surface area contributed by atoms with E-state index in [0.717, 1.165) is 5.56 Å². The Kier molecular flexibility index (Phi) is 5.48. The number of halogens is 2. The van der Waals surface area contributed by atoms with E-state index in [4.69, 9.17) is 22.1 Å². The molecule has 0 saturated heterocycles. The van der Waals surface area contributed by atoms with E-state index in [9.17, 15) is 19.3 Å². The smallest absolute Gasteiger partial charge is 0.277 e. The van der Waals surface area contributed by atoms with Gasteiger partial charge in [-0.1, -0.05) is 23.7 Å². The van der Waals surface area contributed by atoms with Gasteiger partial charge in [-0.3, -0.25) is 14.9 Å². The van der Waals surface area contributed by atoms with Crippen LogP contribution in [0.15, 0.2) is 48.5 Å². The number of benzene rings is 3. The first-order valence-corrected chi connectivity index (χ1v) is 10.1. The van der Waals surface area contributed by atoms with Crippen LogP contribution in [-0.2, 0) is 6.54 Å². The summed E-state index contributed by atoms with van der Waals surface area (Å²) in [7, 11) is 1.55. The van der Waals surface area contributed by atoms with Gasteiger partial charge in [-0.25, -0.2) is 4.39 Å². The molecule has 1 aliphatic rings. The second kappa shape index (κ2) is 8.12. The highest BCUT2D eigenvalue weighted by molar-refractivity contribution is 6.31. The van der Waals surface area contributed by atoms with E-state index in [-0.39, 0.29) is 39.6 Å². The summed E-state index contributed by atoms with van der Waals surface area (Å²) in [6.45, 7) is 1.75. The minimum Gasteiger partial charge on any atom is -0.497 e. The number of ether oxygens (including phenoxy) is 1. The van der Waals surface area contributed by atoms with E-state index < -0.39 is 22.7 Å². The van der Waals surface area contributed by atoms with Crippen molar-refractivity contribution >= 4 is 28.9 Å². The Morgan fingerprint density at radius 2 is 1.91 bits per heavy atom. The minimum atomic E-state index is -0.956. The van der Waals surface area contributed by atoms with E-state index in [0.29, 0.717) is 11.3 Å². The number of nitro benzene ring substituents is 1. The fourth-order valence-corrected chi connectivity index (χ4v) is 4.29. The first-order valence-electron chi connectivity index (χ1n) is 9.69. The Morgan fingerprint density at radius 3 is 2.53 bits per heavy atom. The first kappa shape index (κ1) is 21.6. The highest BCUT2D eigenvalue weighted by Crippen LogP contribution is 2.48. The molecule has 0 bridgehead atoms. The zero-order chi connectivity index (χ0) is 23.2. The molecule has 32 heavy (non-hydrogen) atoms. The van der Waals surface area contributed by atoms with Crippen LogP contribution in [0.3, 0.4) is 0 Å². The van der Waals surface area contributed by atoms with Gasteiger partial charge < -0.3 is 15.4 Å². The number of methoxy groups -OCH3 is 1. The largest absolute Gasteiger partial charge is 0.497 e. The number of rotatable bonds is 5. The van der Waals surface area contributed by atoms with E-state index >= 15 is 0 Å². The monoisotopic (exact) mass is 455 g/mol.